The highest BCUT2D eigenvalue weighted by Crippen LogP contribution is 2.25. The van der Waals surface area contributed by atoms with Crippen LogP contribution in [0.1, 0.15) is 36.7 Å². The van der Waals surface area contributed by atoms with Gasteiger partial charge in [0.1, 0.15) is 0 Å². The normalized spacial score (nSPS) is 18.6. The predicted molar refractivity (Wildman–Crippen MR) is 87.6 cm³/mol. The van der Waals surface area contributed by atoms with Crippen LogP contribution >= 0.6 is 0 Å². The molecule has 2 fully saturated rings. The standard InChI is InChI=1S/C18H22N2O4/c1-18(2,3)14-6-4-13(5-7-14)16(22)19-8-12(9-19)10-20-15(21)11-24-17(20)23/h4-7,12H,8-11H2,1-3H3. The van der Waals surface area contributed by atoms with Gasteiger partial charge in [0.25, 0.3) is 11.8 Å². The lowest BCUT2D eigenvalue weighted by Gasteiger charge is -2.40. The Balaban J connectivity index is 1.55. The summed E-state index contributed by atoms with van der Waals surface area (Å²) in [6.45, 7) is 7.66. The number of carbonyl (C=O) groups is 3. The molecule has 0 atom stereocenters. The van der Waals surface area contributed by atoms with Crippen molar-refractivity contribution in [3.63, 3.8) is 0 Å². The minimum absolute atomic E-state index is 0.0120. The zero-order valence-electron chi connectivity index (χ0n) is 14.2. The molecule has 0 unspecified atom stereocenters. The minimum Gasteiger partial charge on any atom is -0.439 e. The van der Waals surface area contributed by atoms with Crippen molar-refractivity contribution >= 4 is 17.9 Å². The largest absolute Gasteiger partial charge is 0.439 e. The number of benzene rings is 1. The van der Waals surface area contributed by atoms with E-state index in [-0.39, 0.29) is 29.8 Å². The predicted octanol–water partition coefficient (Wildman–Crippen LogP) is 2.03. The third kappa shape index (κ3) is 3.13. The summed E-state index contributed by atoms with van der Waals surface area (Å²) < 4.78 is 4.69. The number of hydrogen-bond donors (Lipinski definition) is 0. The minimum atomic E-state index is -0.581. The molecular weight excluding hydrogens is 308 g/mol. The van der Waals surface area contributed by atoms with Crippen LogP contribution in [0.4, 0.5) is 4.79 Å². The summed E-state index contributed by atoms with van der Waals surface area (Å²) in [5.41, 5.74) is 1.91. The molecule has 3 amide bonds. The van der Waals surface area contributed by atoms with Gasteiger partial charge in [-0.1, -0.05) is 32.9 Å². The first-order valence-electron chi connectivity index (χ1n) is 8.12. The second kappa shape index (κ2) is 5.92. The summed E-state index contributed by atoms with van der Waals surface area (Å²) in [4.78, 5) is 38.2. The molecule has 0 bridgehead atoms. The lowest BCUT2D eigenvalue weighted by Crippen LogP contribution is -2.54. The second-order valence-corrected chi connectivity index (χ2v) is 7.46. The molecule has 6 nitrogen and oxygen atoms in total. The molecule has 0 aliphatic carbocycles. The topological polar surface area (TPSA) is 66.9 Å². The zero-order chi connectivity index (χ0) is 17.5. The molecule has 2 saturated heterocycles. The van der Waals surface area contributed by atoms with Gasteiger partial charge in [0.05, 0.1) is 0 Å². The van der Waals surface area contributed by atoms with E-state index in [1.807, 2.05) is 24.3 Å². The van der Waals surface area contributed by atoms with Gasteiger partial charge in [0.2, 0.25) is 0 Å². The second-order valence-electron chi connectivity index (χ2n) is 7.46. The van der Waals surface area contributed by atoms with Crippen LogP contribution in [0.15, 0.2) is 24.3 Å². The summed E-state index contributed by atoms with van der Waals surface area (Å²) in [6, 6.07) is 7.70. The van der Waals surface area contributed by atoms with Gasteiger partial charge in [-0.3, -0.25) is 9.59 Å². The Morgan fingerprint density at radius 2 is 1.79 bits per heavy atom. The maximum absolute atomic E-state index is 12.5. The van der Waals surface area contributed by atoms with Gasteiger partial charge in [0, 0.05) is 31.1 Å². The van der Waals surface area contributed by atoms with E-state index in [9.17, 15) is 14.4 Å². The van der Waals surface area contributed by atoms with Gasteiger partial charge in [-0.2, -0.15) is 0 Å². The summed E-state index contributed by atoms with van der Waals surface area (Å²) >= 11 is 0. The third-order valence-corrected chi connectivity index (χ3v) is 4.52. The van der Waals surface area contributed by atoms with Crippen molar-refractivity contribution < 1.29 is 19.1 Å². The molecule has 2 heterocycles. The molecule has 3 rings (SSSR count). The molecule has 6 heteroatoms. The Labute approximate surface area is 141 Å². The Morgan fingerprint density at radius 3 is 2.29 bits per heavy atom. The van der Waals surface area contributed by atoms with Crippen LogP contribution < -0.4 is 0 Å². The molecule has 0 N–H and O–H groups in total. The van der Waals surface area contributed by atoms with Crippen molar-refractivity contribution in [1.82, 2.24) is 9.80 Å². The average Bonchev–Trinajstić information content (AvgIpc) is 2.80. The molecule has 0 spiro atoms. The smallest absolute Gasteiger partial charge is 0.417 e. The van der Waals surface area contributed by atoms with Crippen LogP contribution in [0.3, 0.4) is 0 Å². The highest BCUT2D eigenvalue weighted by molar-refractivity contribution is 5.98. The number of carbonyl (C=O) groups excluding carboxylic acids is 3. The molecule has 1 aromatic carbocycles. The first-order chi connectivity index (χ1) is 11.3. The molecule has 24 heavy (non-hydrogen) atoms. The molecule has 2 aliphatic rings. The number of ether oxygens (including phenoxy) is 1. The maximum atomic E-state index is 12.5. The fourth-order valence-electron chi connectivity index (χ4n) is 2.96. The van der Waals surface area contributed by atoms with Crippen molar-refractivity contribution in [1.29, 1.82) is 0 Å². The van der Waals surface area contributed by atoms with Gasteiger partial charge < -0.3 is 9.64 Å². The Bertz CT molecular complexity index is 653. The summed E-state index contributed by atoms with van der Waals surface area (Å²) in [5.74, 6) is -0.193. The molecular formula is C18H22N2O4. The van der Waals surface area contributed by atoms with E-state index in [2.05, 4.69) is 25.5 Å². The van der Waals surface area contributed by atoms with Crippen LogP contribution in [0, 0.1) is 5.92 Å². The van der Waals surface area contributed by atoms with Crippen molar-refractivity contribution in [2.45, 2.75) is 26.2 Å². The molecule has 2 aliphatic heterocycles. The summed E-state index contributed by atoms with van der Waals surface area (Å²) in [6.07, 6.45) is -0.581. The zero-order valence-corrected chi connectivity index (χ0v) is 14.2. The van der Waals surface area contributed by atoms with Crippen LogP contribution in [-0.2, 0) is 14.9 Å². The highest BCUT2D eigenvalue weighted by Gasteiger charge is 2.38. The monoisotopic (exact) mass is 330 g/mol. The van der Waals surface area contributed by atoms with Gasteiger partial charge >= 0.3 is 6.09 Å². The molecule has 128 valence electrons. The fraction of sp³-hybridized carbons (Fsp3) is 0.500. The highest BCUT2D eigenvalue weighted by atomic mass is 16.6. The van der Waals surface area contributed by atoms with Crippen LogP contribution in [0.5, 0.6) is 0 Å². The van der Waals surface area contributed by atoms with E-state index in [4.69, 9.17) is 0 Å². The van der Waals surface area contributed by atoms with E-state index in [0.29, 0.717) is 25.2 Å². The van der Waals surface area contributed by atoms with Crippen molar-refractivity contribution in [3.05, 3.63) is 35.4 Å². The number of cyclic esters (lactones) is 1. The number of imide groups is 1. The average molecular weight is 330 g/mol. The van der Waals surface area contributed by atoms with Crippen LogP contribution in [0.25, 0.3) is 0 Å². The number of nitrogens with zero attached hydrogens (tertiary/aromatic N) is 2. The number of likely N-dealkylation sites (tertiary alicyclic amines) is 1. The van der Waals surface area contributed by atoms with Crippen LogP contribution in [-0.4, -0.2) is 53.9 Å². The van der Waals surface area contributed by atoms with E-state index < -0.39 is 6.09 Å². The Morgan fingerprint density at radius 1 is 1.17 bits per heavy atom. The molecule has 0 aromatic heterocycles. The van der Waals surface area contributed by atoms with Crippen molar-refractivity contribution in [2.75, 3.05) is 26.2 Å². The SMILES string of the molecule is CC(C)(C)c1ccc(C(=O)N2CC(CN3C(=O)COC3=O)C2)cc1. The van der Waals surface area contributed by atoms with Gasteiger partial charge in [0.15, 0.2) is 6.61 Å². The number of hydrogen-bond acceptors (Lipinski definition) is 4. The quantitative estimate of drug-likeness (QED) is 0.850. The Hall–Kier alpha value is -2.37. The van der Waals surface area contributed by atoms with Crippen molar-refractivity contribution in [2.24, 2.45) is 5.92 Å². The van der Waals surface area contributed by atoms with Crippen molar-refractivity contribution in [3.8, 4) is 0 Å². The lowest BCUT2D eigenvalue weighted by atomic mass is 9.86. The molecule has 0 radical (unpaired) electrons. The lowest BCUT2D eigenvalue weighted by molar-refractivity contribution is -0.126. The van der Waals surface area contributed by atoms with E-state index in [0.717, 1.165) is 4.90 Å². The third-order valence-electron chi connectivity index (χ3n) is 4.52. The number of amides is 3. The molecule has 1 aromatic rings. The number of rotatable bonds is 3. The fourth-order valence-corrected chi connectivity index (χ4v) is 2.96. The summed E-state index contributed by atoms with van der Waals surface area (Å²) in [7, 11) is 0. The van der Waals surface area contributed by atoms with Crippen LogP contribution in [0.2, 0.25) is 0 Å². The van der Waals surface area contributed by atoms with Gasteiger partial charge in [-0.05, 0) is 23.1 Å². The van der Waals surface area contributed by atoms with Gasteiger partial charge in [-0.25, -0.2) is 9.69 Å². The molecule has 0 saturated carbocycles. The van der Waals surface area contributed by atoms with Gasteiger partial charge in [-0.15, -0.1) is 0 Å². The maximum Gasteiger partial charge on any atom is 0.417 e. The van der Waals surface area contributed by atoms with E-state index in [1.165, 1.54) is 5.56 Å². The summed E-state index contributed by atoms with van der Waals surface area (Å²) in [5, 5.41) is 0. The first kappa shape index (κ1) is 16.5. The van der Waals surface area contributed by atoms with E-state index in [1.54, 1.807) is 4.90 Å². The first-order valence-corrected chi connectivity index (χ1v) is 8.12. The van der Waals surface area contributed by atoms with E-state index >= 15 is 0 Å². The Kier molecular flexibility index (Phi) is 4.07.